The number of aryl methyl sites for hydroxylation is 2. The molecule has 0 unspecified atom stereocenters. The summed E-state index contributed by atoms with van der Waals surface area (Å²) in [7, 11) is 0. The van der Waals surface area contributed by atoms with Crippen LogP contribution in [0.5, 0.6) is 11.5 Å². The summed E-state index contributed by atoms with van der Waals surface area (Å²) in [6.45, 7) is 4.78. The van der Waals surface area contributed by atoms with Gasteiger partial charge in [0.1, 0.15) is 31.0 Å². The molecule has 0 atom stereocenters. The fourth-order valence-electron chi connectivity index (χ4n) is 1.95. The largest absolute Gasteiger partial charge is 0.490 e. The second kappa shape index (κ2) is 7.14. The normalized spacial score (nSPS) is 10.2. The van der Waals surface area contributed by atoms with Crippen LogP contribution in [0.25, 0.3) is 0 Å². The topological polar surface area (TPSA) is 35.5 Å². The molecule has 0 bridgehead atoms. The first-order chi connectivity index (χ1) is 10.1. The van der Waals surface area contributed by atoms with Gasteiger partial charge in [0.15, 0.2) is 0 Å². The highest BCUT2D eigenvalue weighted by molar-refractivity contribution is 6.32. The molecule has 0 heterocycles. The molecule has 0 spiro atoms. The molecule has 0 aromatic heterocycles. The van der Waals surface area contributed by atoms with E-state index < -0.39 is 0 Å². The lowest BCUT2D eigenvalue weighted by Crippen LogP contribution is -2.09. The zero-order valence-electron chi connectivity index (χ0n) is 12.1. The smallest absolute Gasteiger partial charge is 0.150 e. The minimum atomic E-state index is 0.432. The molecular formula is C17H17ClO3. The Morgan fingerprint density at radius 3 is 2.00 bits per heavy atom. The molecule has 0 saturated heterocycles. The summed E-state index contributed by atoms with van der Waals surface area (Å²) in [5.41, 5.74) is 2.62. The van der Waals surface area contributed by atoms with Crippen LogP contribution in [0.1, 0.15) is 21.5 Å². The highest BCUT2D eigenvalue weighted by atomic mass is 35.5. The molecule has 0 aliphatic heterocycles. The first kappa shape index (κ1) is 15.4. The summed E-state index contributed by atoms with van der Waals surface area (Å²) in [5.74, 6) is 1.50. The van der Waals surface area contributed by atoms with Crippen molar-refractivity contribution in [1.82, 2.24) is 0 Å². The third-order valence-electron chi connectivity index (χ3n) is 3.05. The van der Waals surface area contributed by atoms with E-state index in [0.29, 0.717) is 24.5 Å². The monoisotopic (exact) mass is 304 g/mol. The molecule has 2 aromatic rings. The fourth-order valence-corrected chi connectivity index (χ4v) is 2.06. The number of carbonyl (C=O) groups is 1. The van der Waals surface area contributed by atoms with Crippen molar-refractivity contribution < 1.29 is 14.3 Å². The lowest BCUT2D eigenvalue weighted by molar-refractivity contribution is 0.112. The Kier molecular flexibility index (Phi) is 5.23. The van der Waals surface area contributed by atoms with E-state index in [9.17, 15) is 4.79 Å². The zero-order valence-corrected chi connectivity index (χ0v) is 12.8. The highest BCUT2D eigenvalue weighted by Gasteiger charge is 2.03. The van der Waals surface area contributed by atoms with Gasteiger partial charge in [0, 0.05) is 10.6 Å². The van der Waals surface area contributed by atoms with Gasteiger partial charge in [-0.3, -0.25) is 4.79 Å². The average Bonchev–Trinajstić information content (AvgIpc) is 2.49. The average molecular weight is 305 g/mol. The molecule has 2 rings (SSSR count). The summed E-state index contributed by atoms with van der Waals surface area (Å²) < 4.78 is 11.2. The molecule has 0 saturated carbocycles. The molecule has 0 aliphatic rings. The second-order valence-electron chi connectivity index (χ2n) is 4.75. The number of benzene rings is 2. The van der Waals surface area contributed by atoms with Crippen LogP contribution in [-0.4, -0.2) is 19.5 Å². The fraction of sp³-hybridized carbons (Fsp3) is 0.235. The number of rotatable bonds is 6. The highest BCUT2D eigenvalue weighted by Crippen LogP contribution is 2.25. The van der Waals surface area contributed by atoms with Crippen LogP contribution in [-0.2, 0) is 0 Å². The van der Waals surface area contributed by atoms with Crippen LogP contribution in [0.4, 0.5) is 0 Å². The summed E-state index contributed by atoms with van der Waals surface area (Å²) >= 11 is 6.11. The van der Waals surface area contributed by atoms with Gasteiger partial charge >= 0.3 is 0 Å². The molecule has 0 amide bonds. The number of carbonyl (C=O) groups excluding carboxylic acids is 1. The van der Waals surface area contributed by atoms with Crippen LogP contribution >= 0.6 is 11.6 Å². The molecule has 0 radical (unpaired) electrons. The minimum absolute atomic E-state index is 0.432. The quantitative estimate of drug-likeness (QED) is 0.592. The molecule has 4 heteroatoms. The van der Waals surface area contributed by atoms with Gasteiger partial charge in [-0.2, -0.15) is 0 Å². The first-order valence-electron chi connectivity index (χ1n) is 6.68. The van der Waals surface area contributed by atoms with E-state index in [2.05, 4.69) is 0 Å². The van der Waals surface area contributed by atoms with Gasteiger partial charge in [-0.05, 0) is 61.4 Å². The maximum Gasteiger partial charge on any atom is 0.150 e. The lowest BCUT2D eigenvalue weighted by Gasteiger charge is -2.11. The van der Waals surface area contributed by atoms with Crippen molar-refractivity contribution in [2.24, 2.45) is 0 Å². The Morgan fingerprint density at radius 2 is 1.48 bits per heavy atom. The van der Waals surface area contributed by atoms with Gasteiger partial charge in [0.2, 0.25) is 0 Å². The minimum Gasteiger partial charge on any atom is -0.490 e. The Morgan fingerprint density at radius 1 is 0.952 bits per heavy atom. The second-order valence-corrected chi connectivity index (χ2v) is 5.13. The van der Waals surface area contributed by atoms with Crippen molar-refractivity contribution in [3.63, 3.8) is 0 Å². The third-order valence-corrected chi connectivity index (χ3v) is 3.64. The van der Waals surface area contributed by atoms with Crippen molar-refractivity contribution in [2.75, 3.05) is 13.2 Å². The third kappa shape index (κ3) is 4.23. The van der Waals surface area contributed by atoms with Crippen molar-refractivity contribution in [3.8, 4) is 11.5 Å². The molecule has 21 heavy (non-hydrogen) atoms. The van der Waals surface area contributed by atoms with Gasteiger partial charge in [-0.15, -0.1) is 0 Å². The Balaban J connectivity index is 1.83. The molecule has 0 N–H and O–H groups in total. The van der Waals surface area contributed by atoms with E-state index in [0.717, 1.165) is 28.2 Å². The molecule has 2 aromatic carbocycles. The predicted octanol–water partition coefficient (Wildman–Crippen LogP) is 4.23. The van der Waals surface area contributed by atoms with Crippen LogP contribution in [0, 0.1) is 13.8 Å². The predicted molar refractivity (Wildman–Crippen MR) is 83.7 cm³/mol. The van der Waals surface area contributed by atoms with E-state index in [4.69, 9.17) is 21.1 Å². The SMILES string of the molecule is Cc1cc(OCCOc2ccc(C=O)cc2)cc(C)c1Cl. The van der Waals surface area contributed by atoms with Crippen molar-refractivity contribution in [2.45, 2.75) is 13.8 Å². The Hall–Kier alpha value is -2.00. The van der Waals surface area contributed by atoms with E-state index in [1.165, 1.54) is 0 Å². The number of halogens is 1. The standard InChI is InChI=1S/C17H17ClO3/c1-12-9-16(10-13(2)17(12)18)21-8-7-20-15-5-3-14(11-19)4-6-15/h3-6,9-11H,7-8H2,1-2H3. The van der Waals surface area contributed by atoms with Crippen LogP contribution < -0.4 is 9.47 Å². The summed E-state index contributed by atoms with van der Waals surface area (Å²) in [6.07, 6.45) is 0.804. The van der Waals surface area contributed by atoms with Crippen LogP contribution in [0.3, 0.4) is 0 Å². The Bertz CT molecular complexity index is 597. The number of hydrogen-bond acceptors (Lipinski definition) is 3. The van der Waals surface area contributed by atoms with Gasteiger partial charge in [0.25, 0.3) is 0 Å². The summed E-state index contributed by atoms with van der Waals surface area (Å²) in [6, 6.07) is 10.8. The number of ether oxygens (including phenoxy) is 2. The summed E-state index contributed by atoms with van der Waals surface area (Å²) in [5, 5.41) is 0.772. The molecule has 0 aliphatic carbocycles. The Labute approximate surface area is 129 Å². The van der Waals surface area contributed by atoms with Gasteiger partial charge in [0.05, 0.1) is 0 Å². The maximum atomic E-state index is 10.5. The van der Waals surface area contributed by atoms with E-state index in [1.54, 1.807) is 24.3 Å². The van der Waals surface area contributed by atoms with Crippen molar-refractivity contribution in [1.29, 1.82) is 0 Å². The van der Waals surface area contributed by atoms with Crippen molar-refractivity contribution in [3.05, 3.63) is 58.1 Å². The molecular weight excluding hydrogens is 288 g/mol. The number of hydrogen-bond donors (Lipinski definition) is 0. The van der Waals surface area contributed by atoms with Gasteiger partial charge in [-0.25, -0.2) is 0 Å². The molecule has 0 fully saturated rings. The van der Waals surface area contributed by atoms with Gasteiger partial charge in [-0.1, -0.05) is 11.6 Å². The lowest BCUT2D eigenvalue weighted by atomic mass is 10.1. The summed E-state index contributed by atoms with van der Waals surface area (Å²) in [4.78, 5) is 10.5. The van der Waals surface area contributed by atoms with Crippen LogP contribution in [0.2, 0.25) is 5.02 Å². The van der Waals surface area contributed by atoms with E-state index in [-0.39, 0.29) is 0 Å². The molecule has 110 valence electrons. The number of aldehydes is 1. The van der Waals surface area contributed by atoms with E-state index >= 15 is 0 Å². The van der Waals surface area contributed by atoms with E-state index in [1.807, 2.05) is 26.0 Å². The first-order valence-corrected chi connectivity index (χ1v) is 7.05. The maximum absolute atomic E-state index is 10.5. The van der Waals surface area contributed by atoms with Crippen molar-refractivity contribution >= 4 is 17.9 Å². The van der Waals surface area contributed by atoms with Crippen LogP contribution in [0.15, 0.2) is 36.4 Å². The molecule has 3 nitrogen and oxygen atoms in total. The van der Waals surface area contributed by atoms with Gasteiger partial charge < -0.3 is 9.47 Å². The zero-order chi connectivity index (χ0) is 15.2.